The number of ether oxygens (including phenoxy) is 1. The molecule has 4 heteroatoms. The molecule has 16 heavy (non-hydrogen) atoms. The second kappa shape index (κ2) is 6.85. The molecule has 1 rings (SSSR count). The molecular weight excluding hydrogens is 204 g/mol. The fraction of sp³-hybridized carbons (Fsp3) is 0.417. The first kappa shape index (κ1) is 12.5. The third kappa shape index (κ3) is 4.31. The molecule has 0 heterocycles. The Balaban J connectivity index is 2.47. The molecule has 0 saturated heterocycles. The Hall–Kier alpha value is -1.55. The lowest BCUT2D eigenvalue weighted by atomic mass is 10.2. The fourth-order valence-electron chi connectivity index (χ4n) is 1.34. The van der Waals surface area contributed by atoms with Gasteiger partial charge in [-0.15, -0.1) is 0 Å². The van der Waals surface area contributed by atoms with E-state index in [4.69, 9.17) is 4.74 Å². The lowest BCUT2D eigenvalue weighted by Crippen LogP contribution is -2.31. The molecular formula is C12H18N2O2. The Morgan fingerprint density at radius 3 is 2.94 bits per heavy atom. The quantitative estimate of drug-likeness (QED) is 0.752. The van der Waals surface area contributed by atoms with Gasteiger partial charge in [-0.1, -0.05) is 12.1 Å². The van der Waals surface area contributed by atoms with Gasteiger partial charge in [0.05, 0.1) is 13.2 Å². The number of hydrogen-bond donors (Lipinski definition) is 2. The van der Waals surface area contributed by atoms with Crippen LogP contribution < -0.4 is 15.4 Å². The van der Waals surface area contributed by atoms with Crippen LogP contribution in [0.4, 0.5) is 0 Å². The molecule has 0 radical (unpaired) electrons. The third-order valence-electron chi connectivity index (χ3n) is 2.04. The zero-order valence-corrected chi connectivity index (χ0v) is 9.75. The molecule has 0 aliphatic heterocycles. The molecule has 0 fully saturated rings. The lowest BCUT2D eigenvalue weighted by molar-refractivity contribution is -0.120. The maximum Gasteiger partial charge on any atom is 0.234 e. The predicted molar refractivity (Wildman–Crippen MR) is 63.4 cm³/mol. The number of rotatable bonds is 6. The smallest absolute Gasteiger partial charge is 0.234 e. The SMILES string of the molecule is CCOc1cccc(CNC(=O)CNC)c1. The molecule has 0 atom stereocenters. The predicted octanol–water partition coefficient (Wildman–Crippen LogP) is 0.921. The molecule has 1 amide bonds. The summed E-state index contributed by atoms with van der Waals surface area (Å²) in [5.41, 5.74) is 1.04. The molecule has 0 spiro atoms. The van der Waals surface area contributed by atoms with Gasteiger partial charge in [0.1, 0.15) is 5.75 Å². The van der Waals surface area contributed by atoms with E-state index in [-0.39, 0.29) is 5.91 Å². The maximum atomic E-state index is 11.2. The minimum atomic E-state index is -0.00990. The van der Waals surface area contributed by atoms with Crippen molar-refractivity contribution in [2.75, 3.05) is 20.2 Å². The minimum absolute atomic E-state index is 0.00990. The number of carbonyl (C=O) groups is 1. The van der Waals surface area contributed by atoms with Crippen LogP contribution in [0.25, 0.3) is 0 Å². The highest BCUT2D eigenvalue weighted by molar-refractivity contribution is 5.77. The summed E-state index contributed by atoms with van der Waals surface area (Å²) in [5.74, 6) is 0.826. The summed E-state index contributed by atoms with van der Waals surface area (Å²) in [4.78, 5) is 11.2. The summed E-state index contributed by atoms with van der Waals surface area (Å²) in [6, 6.07) is 7.72. The standard InChI is InChI=1S/C12H18N2O2/c1-3-16-11-6-4-5-10(7-11)8-14-12(15)9-13-2/h4-7,13H,3,8-9H2,1-2H3,(H,14,15). The van der Waals surface area contributed by atoms with Crippen molar-refractivity contribution in [3.63, 3.8) is 0 Å². The molecule has 0 aromatic heterocycles. The Morgan fingerprint density at radius 2 is 2.25 bits per heavy atom. The lowest BCUT2D eigenvalue weighted by Gasteiger charge is -2.07. The van der Waals surface area contributed by atoms with Crippen LogP contribution in [-0.2, 0) is 11.3 Å². The van der Waals surface area contributed by atoms with E-state index in [1.165, 1.54) is 0 Å². The number of carbonyl (C=O) groups excluding carboxylic acids is 1. The summed E-state index contributed by atoms with van der Waals surface area (Å²) in [6.07, 6.45) is 0. The van der Waals surface area contributed by atoms with Crippen molar-refractivity contribution in [1.82, 2.24) is 10.6 Å². The van der Waals surface area contributed by atoms with E-state index in [2.05, 4.69) is 10.6 Å². The van der Waals surface area contributed by atoms with Gasteiger partial charge in [0.25, 0.3) is 0 Å². The van der Waals surface area contributed by atoms with Crippen molar-refractivity contribution in [2.45, 2.75) is 13.5 Å². The summed E-state index contributed by atoms with van der Waals surface area (Å²) < 4.78 is 5.38. The summed E-state index contributed by atoms with van der Waals surface area (Å²) in [7, 11) is 1.75. The van der Waals surface area contributed by atoms with Crippen LogP contribution in [0.3, 0.4) is 0 Å². The Bertz CT molecular complexity index is 340. The molecule has 0 saturated carbocycles. The second-order valence-corrected chi connectivity index (χ2v) is 3.39. The number of nitrogens with one attached hydrogen (secondary N) is 2. The average Bonchev–Trinajstić information content (AvgIpc) is 2.28. The van der Waals surface area contributed by atoms with Crippen LogP contribution in [0, 0.1) is 0 Å². The van der Waals surface area contributed by atoms with Crippen molar-refractivity contribution >= 4 is 5.91 Å². The summed E-state index contributed by atoms with van der Waals surface area (Å²) in [6.45, 7) is 3.46. The Labute approximate surface area is 96.0 Å². The van der Waals surface area contributed by atoms with Gasteiger partial charge in [-0.3, -0.25) is 4.79 Å². The van der Waals surface area contributed by atoms with Crippen LogP contribution in [0.1, 0.15) is 12.5 Å². The topological polar surface area (TPSA) is 50.4 Å². The van der Waals surface area contributed by atoms with Gasteiger partial charge in [-0.2, -0.15) is 0 Å². The van der Waals surface area contributed by atoms with Crippen LogP contribution in [0.5, 0.6) is 5.75 Å². The number of likely N-dealkylation sites (N-methyl/N-ethyl adjacent to an activating group) is 1. The highest BCUT2D eigenvalue weighted by Gasteiger charge is 2.00. The van der Waals surface area contributed by atoms with E-state index in [0.29, 0.717) is 19.7 Å². The molecule has 1 aromatic rings. The first-order valence-electron chi connectivity index (χ1n) is 5.39. The zero-order chi connectivity index (χ0) is 11.8. The Kier molecular flexibility index (Phi) is 5.36. The van der Waals surface area contributed by atoms with E-state index in [9.17, 15) is 4.79 Å². The van der Waals surface area contributed by atoms with E-state index in [1.54, 1.807) is 7.05 Å². The van der Waals surface area contributed by atoms with Crippen LogP contribution >= 0.6 is 0 Å². The molecule has 1 aromatic carbocycles. The third-order valence-corrected chi connectivity index (χ3v) is 2.04. The van der Waals surface area contributed by atoms with Crippen LogP contribution in [0.15, 0.2) is 24.3 Å². The monoisotopic (exact) mass is 222 g/mol. The highest BCUT2D eigenvalue weighted by Crippen LogP contribution is 2.12. The van der Waals surface area contributed by atoms with Crippen molar-refractivity contribution in [3.8, 4) is 5.75 Å². The molecule has 0 aliphatic rings. The fourth-order valence-corrected chi connectivity index (χ4v) is 1.34. The van der Waals surface area contributed by atoms with Crippen molar-refractivity contribution in [2.24, 2.45) is 0 Å². The van der Waals surface area contributed by atoms with Gasteiger partial charge in [-0.05, 0) is 31.7 Å². The molecule has 4 nitrogen and oxygen atoms in total. The van der Waals surface area contributed by atoms with Gasteiger partial charge in [0, 0.05) is 6.54 Å². The van der Waals surface area contributed by atoms with E-state index in [1.807, 2.05) is 31.2 Å². The van der Waals surface area contributed by atoms with Crippen molar-refractivity contribution < 1.29 is 9.53 Å². The molecule has 88 valence electrons. The van der Waals surface area contributed by atoms with E-state index in [0.717, 1.165) is 11.3 Å². The van der Waals surface area contributed by atoms with Crippen molar-refractivity contribution in [1.29, 1.82) is 0 Å². The van der Waals surface area contributed by atoms with Gasteiger partial charge < -0.3 is 15.4 Å². The normalized spacial score (nSPS) is 9.88. The van der Waals surface area contributed by atoms with Gasteiger partial charge in [-0.25, -0.2) is 0 Å². The van der Waals surface area contributed by atoms with Crippen molar-refractivity contribution in [3.05, 3.63) is 29.8 Å². The highest BCUT2D eigenvalue weighted by atomic mass is 16.5. The number of hydrogen-bond acceptors (Lipinski definition) is 3. The van der Waals surface area contributed by atoms with Crippen LogP contribution in [0.2, 0.25) is 0 Å². The van der Waals surface area contributed by atoms with E-state index < -0.39 is 0 Å². The minimum Gasteiger partial charge on any atom is -0.494 e. The first-order valence-corrected chi connectivity index (χ1v) is 5.39. The number of benzene rings is 1. The molecule has 0 unspecified atom stereocenters. The largest absolute Gasteiger partial charge is 0.494 e. The average molecular weight is 222 g/mol. The summed E-state index contributed by atoms with van der Waals surface area (Å²) >= 11 is 0. The zero-order valence-electron chi connectivity index (χ0n) is 9.75. The maximum absolute atomic E-state index is 11.2. The van der Waals surface area contributed by atoms with E-state index >= 15 is 0 Å². The van der Waals surface area contributed by atoms with Crippen LogP contribution in [-0.4, -0.2) is 26.1 Å². The van der Waals surface area contributed by atoms with Gasteiger partial charge >= 0.3 is 0 Å². The first-order chi connectivity index (χ1) is 7.76. The molecule has 2 N–H and O–H groups in total. The molecule has 0 aliphatic carbocycles. The second-order valence-electron chi connectivity index (χ2n) is 3.39. The van der Waals surface area contributed by atoms with Gasteiger partial charge in [0.2, 0.25) is 5.91 Å². The Morgan fingerprint density at radius 1 is 1.44 bits per heavy atom. The summed E-state index contributed by atoms with van der Waals surface area (Å²) in [5, 5.41) is 5.61. The van der Waals surface area contributed by atoms with Gasteiger partial charge in [0.15, 0.2) is 0 Å². The molecule has 0 bridgehead atoms. The number of amides is 1.